The Labute approximate surface area is 177 Å². The van der Waals surface area contributed by atoms with E-state index in [0.717, 1.165) is 11.4 Å². The molecule has 0 atom stereocenters. The van der Waals surface area contributed by atoms with E-state index >= 15 is 0 Å². The zero-order valence-electron chi connectivity index (χ0n) is 17.4. The quantitative estimate of drug-likeness (QED) is 0.696. The molecule has 0 bridgehead atoms. The highest BCUT2D eigenvalue weighted by atomic mass is 32.2. The lowest BCUT2D eigenvalue weighted by Gasteiger charge is -2.35. The smallest absolute Gasteiger partial charge is 0.290 e. The van der Waals surface area contributed by atoms with Gasteiger partial charge < -0.3 is 19.5 Å². The summed E-state index contributed by atoms with van der Waals surface area (Å²) in [7, 11) is -1.85. The summed E-state index contributed by atoms with van der Waals surface area (Å²) in [5, 5.41) is 6.89. The number of nitrogens with zero attached hydrogens (tertiary/aromatic N) is 2. The molecule has 0 aromatic heterocycles. The van der Waals surface area contributed by atoms with Gasteiger partial charge >= 0.3 is 0 Å². The van der Waals surface area contributed by atoms with E-state index < -0.39 is 10.0 Å². The summed E-state index contributed by atoms with van der Waals surface area (Å²) >= 11 is 0. The Hall–Kier alpha value is -2.78. The SMILES string of the molecule is COc1ccc(N2CCN(S(=O)(=O)c3ccc(OC(C)C)cc3)CC2)cc1.O=CO. The van der Waals surface area contributed by atoms with E-state index in [-0.39, 0.29) is 12.6 Å². The average Bonchev–Trinajstić information content (AvgIpc) is 2.74. The van der Waals surface area contributed by atoms with E-state index in [1.807, 2.05) is 38.1 Å². The molecule has 30 heavy (non-hydrogen) atoms. The first-order chi connectivity index (χ1) is 14.3. The van der Waals surface area contributed by atoms with Crippen LogP contribution in [0.2, 0.25) is 0 Å². The van der Waals surface area contributed by atoms with Gasteiger partial charge in [0.25, 0.3) is 6.47 Å². The van der Waals surface area contributed by atoms with Gasteiger partial charge in [-0.15, -0.1) is 0 Å². The van der Waals surface area contributed by atoms with Gasteiger partial charge in [0, 0.05) is 31.9 Å². The van der Waals surface area contributed by atoms with Crippen LogP contribution < -0.4 is 14.4 Å². The zero-order chi connectivity index (χ0) is 22.1. The second-order valence-corrected chi connectivity index (χ2v) is 8.77. The minimum atomic E-state index is -3.49. The Bertz CT molecular complexity index is 890. The Balaban J connectivity index is 0.00000101. The lowest BCUT2D eigenvalue weighted by molar-refractivity contribution is -0.122. The molecular weight excluding hydrogens is 408 g/mol. The largest absolute Gasteiger partial charge is 0.497 e. The van der Waals surface area contributed by atoms with Crippen LogP contribution in [0.4, 0.5) is 5.69 Å². The highest BCUT2D eigenvalue weighted by Crippen LogP contribution is 2.24. The number of benzene rings is 2. The fourth-order valence-electron chi connectivity index (χ4n) is 3.09. The highest BCUT2D eigenvalue weighted by molar-refractivity contribution is 7.89. The van der Waals surface area contributed by atoms with Crippen molar-refractivity contribution in [3.8, 4) is 11.5 Å². The van der Waals surface area contributed by atoms with E-state index in [2.05, 4.69) is 4.90 Å². The third kappa shape index (κ3) is 6.11. The topological polar surface area (TPSA) is 96.4 Å². The number of hydrogen-bond donors (Lipinski definition) is 1. The number of hydrogen-bond acceptors (Lipinski definition) is 6. The second-order valence-electron chi connectivity index (χ2n) is 6.83. The van der Waals surface area contributed by atoms with Crippen molar-refractivity contribution >= 4 is 22.2 Å². The maximum absolute atomic E-state index is 12.9. The first kappa shape index (κ1) is 23.5. The minimum Gasteiger partial charge on any atom is -0.497 e. The molecule has 3 rings (SSSR count). The summed E-state index contributed by atoms with van der Waals surface area (Å²) in [6.07, 6.45) is 0.0542. The molecule has 1 heterocycles. The third-order valence-corrected chi connectivity index (χ3v) is 6.42. The Morgan fingerprint density at radius 1 is 0.933 bits per heavy atom. The summed E-state index contributed by atoms with van der Waals surface area (Å²) in [6.45, 7) is 5.84. The van der Waals surface area contributed by atoms with Gasteiger partial charge in [-0.3, -0.25) is 4.79 Å². The van der Waals surface area contributed by atoms with Crippen LogP contribution in [0.25, 0.3) is 0 Å². The summed E-state index contributed by atoms with van der Waals surface area (Å²) in [5.41, 5.74) is 1.07. The predicted octanol–water partition coefficient (Wildman–Crippen LogP) is 2.69. The number of rotatable bonds is 6. The van der Waals surface area contributed by atoms with E-state index in [0.29, 0.717) is 36.8 Å². The maximum atomic E-state index is 12.9. The molecule has 8 nitrogen and oxygen atoms in total. The van der Waals surface area contributed by atoms with E-state index in [1.165, 1.54) is 0 Å². The van der Waals surface area contributed by atoms with E-state index in [9.17, 15) is 8.42 Å². The first-order valence-corrected chi connectivity index (χ1v) is 11.0. The van der Waals surface area contributed by atoms with Crippen LogP contribution in [0.5, 0.6) is 11.5 Å². The maximum Gasteiger partial charge on any atom is 0.290 e. The third-order valence-electron chi connectivity index (χ3n) is 4.51. The van der Waals surface area contributed by atoms with Crippen molar-refractivity contribution in [2.75, 3.05) is 38.2 Å². The molecule has 2 aromatic carbocycles. The number of carbonyl (C=O) groups is 1. The average molecular weight is 437 g/mol. The lowest BCUT2D eigenvalue weighted by Crippen LogP contribution is -2.48. The molecule has 1 aliphatic heterocycles. The van der Waals surface area contributed by atoms with Gasteiger partial charge in [-0.2, -0.15) is 4.31 Å². The van der Waals surface area contributed by atoms with Crippen molar-refractivity contribution in [3.63, 3.8) is 0 Å². The summed E-state index contributed by atoms with van der Waals surface area (Å²) in [6, 6.07) is 14.5. The molecule has 164 valence electrons. The van der Waals surface area contributed by atoms with Crippen molar-refractivity contribution in [2.45, 2.75) is 24.8 Å². The molecule has 0 aliphatic carbocycles. The molecule has 9 heteroatoms. The molecule has 0 amide bonds. The molecule has 0 spiro atoms. The molecule has 1 fully saturated rings. The summed E-state index contributed by atoms with van der Waals surface area (Å²) < 4.78 is 38.1. The minimum absolute atomic E-state index is 0.0542. The van der Waals surface area contributed by atoms with Crippen molar-refractivity contribution < 1.29 is 27.8 Å². The molecular formula is C21H28N2O6S. The molecule has 1 saturated heterocycles. The van der Waals surface area contributed by atoms with Gasteiger partial charge in [-0.1, -0.05) is 0 Å². The Morgan fingerprint density at radius 3 is 1.90 bits per heavy atom. The number of sulfonamides is 1. The van der Waals surface area contributed by atoms with Gasteiger partial charge in [0.1, 0.15) is 11.5 Å². The van der Waals surface area contributed by atoms with Crippen LogP contribution >= 0.6 is 0 Å². The number of piperazine rings is 1. The van der Waals surface area contributed by atoms with Crippen molar-refractivity contribution in [2.24, 2.45) is 0 Å². The number of methoxy groups -OCH3 is 1. The van der Waals surface area contributed by atoms with Gasteiger partial charge in [0.2, 0.25) is 10.0 Å². The molecule has 0 radical (unpaired) electrons. The summed E-state index contributed by atoms with van der Waals surface area (Å²) in [5.74, 6) is 1.48. The predicted molar refractivity (Wildman–Crippen MR) is 115 cm³/mol. The van der Waals surface area contributed by atoms with Crippen LogP contribution in [0.15, 0.2) is 53.4 Å². The lowest BCUT2D eigenvalue weighted by atomic mass is 10.2. The Kier molecular flexibility index (Phi) is 8.49. The monoisotopic (exact) mass is 436 g/mol. The van der Waals surface area contributed by atoms with Crippen LogP contribution in [0.1, 0.15) is 13.8 Å². The van der Waals surface area contributed by atoms with Gasteiger partial charge in [-0.25, -0.2) is 8.42 Å². The fourth-order valence-corrected chi connectivity index (χ4v) is 4.51. The first-order valence-electron chi connectivity index (χ1n) is 9.55. The molecule has 0 saturated carbocycles. The van der Waals surface area contributed by atoms with Crippen LogP contribution in [-0.2, 0) is 14.8 Å². The molecule has 1 aliphatic rings. The van der Waals surface area contributed by atoms with Gasteiger partial charge in [0.15, 0.2) is 0 Å². The van der Waals surface area contributed by atoms with Crippen LogP contribution in [0.3, 0.4) is 0 Å². The van der Waals surface area contributed by atoms with Crippen molar-refractivity contribution in [3.05, 3.63) is 48.5 Å². The van der Waals surface area contributed by atoms with Crippen molar-refractivity contribution in [1.82, 2.24) is 4.31 Å². The van der Waals surface area contributed by atoms with Crippen LogP contribution in [0, 0.1) is 0 Å². The van der Waals surface area contributed by atoms with Crippen molar-refractivity contribution in [1.29, 1.82) is 0 Å². The number of carboxylic acid groups (broad SMARTS) is 1. The molecule has 1 N–H and O–H groups in total. The van der Waals surface area contributed by atoms with Crippen LogP contribution in [-0.4, -0.2) is 63.7 Å². The summed E-state index contributed by atoms with van der Waals surface area (Å²) in [4.78, 5) is 10.8. The normalized spacial score (nSPS) is 14.6. The number of ether oxygens (including phenoxy) is 2. The fraction of sp³-hybridized carbons (Fsp3) is 0.381. The molecule has 0 unspecified atom stereocenters. The Morgan fingerprint density at radius 2 is 1.43 bits per heavy atom. The molecule has 2 aromatic rings. The van der Waals surface area contributed by atoms with E-state index in [4.69, 9.17) is 19.4 Å². The zero-order valence-corrected chi connectivity index (χ0v) is 18.2. The van der Waals surface area contributed by atoms with E-state index in [1.54, 1.807) is 35.7 Å². The van der Waals surface area contributed by atoms with Gasteiger partial charge in [0.05, 0.1) is 18.1 Å². The van der Waals surface area contributed by atoms with Gasteiger partial charge in [-0.05, 0) is 62.4 Å². The standard InChI is InChI=1S/C20H26N2O4S.CH2O2/c1-16(2)26-19-8-10-20(11-9-19)27(23,24)22-14-12-21(13-15-22)17-4-6-18(25-3)7-5-17;2-1-3/h4-11,16H,12-15H2,1-3H3;1H,(H,2,3). The highest BCUT2D eigenvalue weighted by Gasteiger charge is 2.28. The number of anilines is 1. The second kappa shape index (κ2) is 10.8.